The van der Waals surface area contributed by atoms with Gasteiger partial charge in [0.15, 0.2) is 0 Å². The smallest absolute Gasteiger partial charge is 0.247 e. The van der Waals surface area contributed by atoms with Crippen molar-refractivity contribution in [2.24, 2.45) is 0 Å². The molecule has 0 aliphatic carbocycles. The van der Waals surface area contributed by atoms with Crippen LogP contribution in [0.5, 0.6) is 0 Å². The summed E-state index contributed by atoms with van der Waals surface area (Å²) in [6, 6.07) is 8.42. The number of benzene rings is 1. The molecule has 0 aliphatic rings. The highest BCUT2D eigenvalue weighted by Crippen LogP contribution is 2.17. The Labute approximate surface area is 144 Å². The molecule has 0 atom stereocenters. The number of halogens is 2. The van der Waals surface area contributed by atoms with Gasteiger partial charge >= 0.3 is 0 Å². The number of hydrogen-bond donors (Lipinski definition) is 0. The van der Waals surface area contributed by atoms with Gasteiger partial charge in [-0.3, -0.25) is 9.78 Å². The Morgan fingerprint density at radius 2 is 2.17 bits per heavy atom. The minimum Gasteiger partial charge on any atom is -0.332 e. The van der Waals surface area contributed by atoms with Crippen LogP contribution in [0.3, 0.4) is 0 Å². The van der Waals surface area contributed by atoms with E-state index in [1.165, 1.54) is 18.2 Å². The highest BCUT2D eigenvalue weighted by Gasteiger charge is 2.15. The zero-order chi connectivity index (χ0) is 16.8. The average Bonchev–Trinajstić information content (AvgIpc) is 2.54. The topological polar surface area (TPSA) is 33.2 Å². The Morgan fingerprint density at radius 1 is 1.39 bits per heavy atom. The highest BCUT2D eigenvalue weighted by molar-refractivity contribution is 9.10. The molecule has 23 heavy (non-hydrogen) atoms. The second-order valence-corrected chi connectivity index (χ2v) is 6.34. The third-order valence-electron chi connectivity index (χ3n) is 3.35. The van der Waals surface area contributed by atoms with E-state index in [9.17, 15) is 9.18 Å². The Bertz CT molecular complexity index is 701. The quantitative estimate of drug-likeness (QED) is 0.722. The summed E-state index contributed by atoms with van der Waals surface area (Å²) in [6.07, 6.45) is 6.34. The van der Waals surface area contributed by atoms with Gasteiger partial charge in [0.25, 0.3) is 0 Å². The molecule has 120 valence electrons. The van der Waals surface area contributed by atoms with E-state index in [1.807, 2.05) is 26.0 Å². The third kappa shape index (κ3) is 4.99. The number of pyridine rings is 1. The van der Waals surface area contributed by atoms with E-state index in [0.29, 0.717) is 12.1 Å². The molecule has 0 saturated heterocycles. The molecule has 2 aromatic rings. The van der Waals surface area contributed by atoms with Gasteiger partial charge in [-0.25, -0.2) is 4.39 Å². The minimum absolute atomic E-state index is 0.0275. The van der Waals surface area contributed by atoms with Crippen LogP contribution in [0.1, 0.15) is 25.0 Å². The number of hydrogen-bond acceptors (Lipinski definition) is 2. The maximum Gasteiger partial charge on any atom is 0.247 e. The van der Waals surface area contributed by atoms with E-state index < -0.39 is 0 Å². The van der Waals surface area contributed by atoms with Gasteiger partial charge in [0, 0.05) is 41.1 Å². The van der Waals surface area contributed by atoms with Crippen molar-refractivity contribution in [3.8, 4) is 0 Å². The lowest BCUT2D eigenvalue weighted by atomic mass is 10.2. The van der Waals surface area contributed by atoms with Crippen molar-refractivity contribution in [2.75, 3.05) is 0 Å². The molecule has 0 N–H and O–H groups in total. The second kappa shape index (κ2) is 8.02. The van der Waals surface area contributed by atoms with Crippen LogP contribution in [-0.2, 0) is 11.3 Å². The van der Waals surface area contributed by atoms with E-state index in [0.717, 1.165) is 10.0 Å². The first-order valence-corrected chi connectivity index (χ1v) is 8.09. The van der Waals surface area contributed by atoms with Gasteiger partial charge < -0.3 is 4.90 Å². The van der Waals surface area contributed by atoms with Crippen molar-refractivity contribution in [1.29, 1.82) is 0 Å². The summed E-state index contributed by atoms with van der Waals surface area (Å²) >= 11 is 3.30. The summed E-state index contributed by atoms with van der Waals surface area (Å²) in [6.45, 7) is 4.36. The molecule has 0 aliphatic heterocycles. The summed E-state index contributed by atoms with van der Waals surface area (Å²) < 4.78 is 14.5. The van der Waals surface area contributed by atoms with Crippen LogP contribution in [0.4, 0.5) is 4.39 Å². The number of carbonyl (C=O) groups excluding carboxylic acids is 1. The number of amides is 1. The van der Waals surface area contributed by atoms with Crippen molar-refractivity contribution < 1.29 is 9.18 Å². The highest BCUT2D eigenvalue weighted by atomic mass is 79.9. The molecule has 5 heteroatoms. The molecular weight excluding hydrogens is 359 g/mol. The van der Waals surface area contributed by atoms with Gasteiger partial charge in [-0.15, -0.1) is 0 Å². The van der Waals surface area contributed by atoms with Crippen molar-refractivity contribution in [1.82, 2.24) is 9.88 Å². The van der Waals surface area contributed by atoms with E-state index >= 15 is 0 Å². The summed E-state index contributed by atoms with van der Waals surface area (Å²) in [5.41, 5.74) is 1.33. The molecule has 3 nitrogen and oxygen atoms in total. The Hall–Kier alpha value is -2.01. The molecular formula is C18H18BrFN2O. The monoisotopic (exact) mass is 376 g/mol. The third-order valence-corrected chi connectivity index (χ3v) is 3.84. The van der Waals surface area contributed by atoms with Gasteiger partial charge in [-0.1, -0.05) is 22.0 Å². The average molecular weight is 377 g/mol. The molecule has 2 rings (SSSR count). The summed E-state index contributed by atoms with van der Waals surface area (Å²) in [5.74, 6) is -0.524. The second-order valence-electron chi connectivity index (χ2n) is 5.42. The maximum absolute atomic E-state index is 13.7. The van der Waals surface area contributed by atoms with Crippen molar-refractivity contribution in [3.63, 3.8) is 0 Å². The molecule has 1 amide bonds. The molecule has 1 heterocycles. The summed E-state index contributed by atoms with van der Waals surface area (Å²) in [4.78, 5) is 18.2. The van der Waals surface area contributed by atoms with Crippen LogP contribution in [0.15, 0.2) is 53.3 Å². The standard InChI is InChI=1S/C18H18BrFN2O/c1-13(2)22(12-14-4-3-9-21-11-14)18(23)8-5-15-10-16(19)6-7-17(15)20/h3-11,13H,12H2,1-2H3/b8-5+. The Morgan fingerprint density at radius 3 is 2.83 bits per heavy atom. The van der Waals surface area contributed by atoms with E-state index in [2.05, 4.69) is 20.9 Å². The molecule has 0 unspecified atom stereocenters. The van der Waals surface area contributed by atoms with E-state index in [1.54, 1.807) is 29.4 Å². The van der Waals surface area contributed by atoms with Gasteiger partial charge in [0.2, 0.25) is 5.91 Å². The van der Waals surface area contributed by atoms with Crippen LogP contribution in [0.2, 0.25) is 0 Å². The number of nitrogens with zero attached hydrogens (tertiary/aromatic N) is 2. The van der Waals surface area contributed by atoms with Gasteiger partial charge in [0.1, 0.15) is 5.82 Å². The normalized spacial score (nSPS) is 11.2. The molecule has 0 fully saturated rings. The zero-order valence-corrected chi connectivity index (χ0v) is 14.6. The predicted octanol–water partition coefficient (Wildman–Crippen LogP) is 4.43. The molecule has 0 saturated carbocycles. The predicted molar refractivity (Wildman–Crippen MR) is 93.1 cm³/mol. The fraction of sp³-hybridized carbons (Fsp3) is 0.222. The number of rotatable bonds is 5. The summed E-state index contributed by atoms with van der Waals surface area (Å²) in [5, 5.41) is 0. The van der Waals surface area contributed by atoms with E-state index in [-0.39, 0.29) is 17.8 Å². The van der Waals surface area contributed by atoms with Crippen LogP contribution in [-0.4, -0.2) is 21.8 Å². The maximum atomic E-state index is 13.7. The van der Waals surface area contributed by atoms with Crippen molar-refractivity contribution in [3.05, 3.63) is 70.2 Å². The molecule has 0 radical (unpaired) electrons. The van der Waals surface area contributed by atoms with Crippen LogP contribution in [0, 0.1) is 5.82 Å². The first-order chi connectivity index (χ1) is 11.0. The fourth-order valence-corrected chi connectivity index (χ4v) is 2.48. The Balaban J connectivity index is 2.15. The molecule has 0 bridgehead atoms. The fourth-order valence-electron chi connectivity index (χ4n) is 2.10. The number of aromatic nitrogens is 1. The number of carbonyl (C=O) groups is 1. The van der Waals surface area contributed by atoms with Gasteiger partial charge in [0.05, 0.1) is 0 Å². The van der Waals surface area contributed by atoms with Gasteiger partial charge in [-0.05, 0) is 49.8 Å². The first kappa shape index (κ1) is 17.3. The van der Waals surface area contributed by atoms with Crippen LogP contribution in [0.25, 0.3) is 6.08 Å². The zero-order valence-electron chi connectivity index (χ0n) is 13.0. The largest absolute Gasteiger partial charge is 0.332 e. The molecule has 1 aromatic carbocycles. The SMILES string of the molecule is CC(C)N(Cc1cccnc1)C(=O)/C=C/c1cc(Br)ccc1F. The van der Waals surface area contributed by atoms with Gasteiger partial charge in [-0.2, -0.15) is 0 Å². The lowest BCUT2D eigenvalue weighted by molar-refractivity contribution is -0.128. The van der Waals surface area contributed by atoms with E-state index in [4.69, 9.17) is 0 Å². The van der Waals surface area contributed by atoms with Crippen molar-refractivity contribution >= 4 is 27.9 Å². The minimum atomic E-state index is -0.361. The Kier molecular flexibility index (Phi) is 6.04. The summed E-state index contributed by atoms with van der Waals surface area (Å²) in [7, 11) is 0. The molecule has 0 spiro atoms. The first-order valence-electron chi connectivity index (χ1n) is 7.30. The lowest BCUT2D eigenvalue weighted by Crippen LogP contribution is -2.35. The molecule has 1 aromatic heterocycles. The van der Waals surface area contributed by atoms with Crippen LogP contribution >= 0.6 is 15.9 Å². The van der Waals surface area contributed by atoms with Crippen LogP contribution < -0.4 is 0 Å². The lowest BCUT2D eigenvalue weighted by Gasteiger charge is -2.25. The van der Waals surface area contributed by atoms with Crippen molar-refractivity contribution in [2.45, 2.75) is 26.4 Å².